The number of rotatable bonds is 4. The van der Waals surface area contributed by atoms with Crippen LogP contribution in [0.4, 0.5) is 0 Å². The van der Waals surface area contributed by atoms with Gasteiger partial charge >= 0.3 is 0 Å². The Morgan fingerprint density at radius 2 is 1.24 bits per heavy atom. The molecular weight excluding hydrogens is 424 g/mol. The molecule has 1 aliphatic carbocycles. The molecule has 6 nitrogen and oxygen atoms in total. The predicted molar refractivity (Wildman–Crippen MR) is 142 cm³/mol. The standard InChI is InChI=1S/C24H42N4O2.C2H6.C2H4/c1-19(29)20-5-7-21(8-6-20)24(30)27-12-9-22(10-13-27)28-11-3-4-23(18-28)26-16-14-25(2)15-17-26;2*1-2/h20-23H,3-18H2,1-2H3;1-2H3;1-2H2. The molecule has 0 aromatic carbocycles. The summed E-state index contributed by atoms with van der Waals surface area (Å²) in [5.74, 6) is 1.03. The fraction of sp³-hybridized carbons (Fsp3) is 0.857. The van der Waals surface area contributed by atoms with E-state index in [2.05, 4.69) is 39.8 Å². The van der Waals surface area contributed by atoms with Crippen molar-refractivity contribution in [1.82, 2.24) is 19.6 Å². The van der Waals surface area contributed by atoms with Gasteiger partial charge in [0.2, 0.25) is 5.91 Å². The van der Waals surface area contributed by atoms with E-state index in [9.17, 15) is 9.59 Å². The second-order valence-electron chi connectivity index (χ2n) is 10.3. The quantitative estimate of drug-likeness (QED) is 0.576. The molecule has 1 saturated carbocycles. The van der Waals surface area contributed by atoms with Crippen LogP contribution in [0.2, 0.25) is 0 Å². The Hall–Kier alpha value is -1.24. The zero-order chi connectivity index (χ0) is 25.1. The maximum atomic E-state index is 13.0. The Morgan fingerprint density at radius 3 is 1.79 bits per heavy atom. The molecule has 0 spiro atoms. The van der Waals surface area contributed by atoms with Crippen LogP contribution in [0.25, 0.3) is 0 Å². The van der Waals surface area contributed by atoms with Gasteiger partial charge in [0.15, 0.2) is 0 Å². The summed E-state index contributed by atoms with van der Waals surface area (Å²) in [5.41, 5.74) is 0. The smallest absolute Gasteiger partial charge is 0.225 e. The van der Waals surface area contributed by atoms with Crippen LogP contribution in [0.15, 0.2) is 13.2 Å². The lowest BCUT2D eigenvalue weighted by atomic mass is 9.79. The molecule has 3 saturated heterocycles. The van der Waals surface area contributed by atoms with Crippen LogP contribution >= 0.6 is 0 Å². The highest BCUT2D eigenvalue weighted by Crippen LogP contribution is 2.32. The lowest BCUT2D eigenvalue weighted by molar-refractivity contribution is -0.139. The van der Waals surface area contributed by atoms with Gasteiger partial charge in [-0.1, -0.05) is 13.8 Å². The van der Waals surface area contributed by atoms with Gasteiger partial charge in [-0.25, -0.2) is 0 Å². The van der Waals surface area contributed by atoms with Gasteiger partial charge in [-0.05, 0) is 71.9 Å². The molecule has 3 aliphatic heterocycles. The molecule has 1 amide bonds. The molecular formula is C28H52N4O2. The molecule has 196 valence electrons. The molecule has 6 heteroatoms. The van der Waals surface area contributed by atoms with E-state index < -0.39 is 0 Å². The summed E-state index contributed by atoms with van der Waals surface area (Å²) in [6.45, 7) is 20.8. The summed E-state index contributed by atoms with van der Waals surface area (Å²) >= 11 is 0. The summed E-state index contributed by atoms with van der Waals surface area (Å²) in [7, 11) is 2.23. The van der Waals surface area contributed by atoms with E-state index in [1.54, 1.807) is 6.92 Å². The van der Waals surface area contributed by atoms with Crippen molar-refractivity contribution in [2.24, 2.45) is 11.8 Å². The van der Waals surface area contributed by atoms with Crippen molar-refractivity contribution < 1.29 is 9.59 Å². The number of likely N-dealkylation sites (tertiary alicyclic amines) is 2. The molecule has 1 unspecified atom stereocenters. The van der Waals surface area contributed by atoms with Gasteiger partial charge in [0.25, 0.3) is 0 Å². The normalized spacial score (nSPS) is 29.9. The van der Waals surface area contributed by atoms with Crippen molar-refractivity contribution in [2.45, 2.75) is 84.2 Å². The predicted octanol–water partition coefficient (Wildman–Crippen LogP) is 3.91. The third-order valence-electron chi connectivity index (χ3n) is 8.43. The van der Waals surface area contributed by atoms with E-state index in [0.717, 1.165) is 57.7 Å². The number of hydrogen-bond acceptors (Lipinski definition) is 5. The Bertz CT molecular complexity index is 604. The number of piperidine rings is 2. The average molecular weight is 477 g/mol. The fourth-order valence-electron chi connectivity index (χ4n) is 6.26. The van der Waals surface area contributed by atoms with E-state index in [4.69, 9.17) is 0 Å². The van der Waals surface area contributed by atoms with E-state index in [1.807, 2.05) is 13.8 Å². The Balaban J connectivity index is 0.000000970. The van der Waals surface area contributed by atoms with Gasteiger partial charge < -0.3 is 9.80 Å². The van der Waals surface area contributed by atoms with Crippen LogP contribution < -0.4 is 0 Å². The molecule has 1 atom stereocenters. The first-order valence-corrected chi connectivity index (χ1v) is 14.0. The minimum absolute atomic E-state index is 0.161. The van der Waals surface area contributed by atoms with Crippen LogP contribution in [0.1, 0.15) is 72.1 Å². The van der Waals surface area contributed by atoms with Gasteiger partial charge in [-0.15, -0.1) is 13.2 Å². The highest BCUT2D eigenvalue weighted by Gasteiger charge is 2.35. The van der Waals surface area contributed by atoms with Crippen LogP contribution in [-0.2, 0) is 9.59 Å². The molecule has 4 fully saturated rings. The van der Waals surface area contributed by atoms with Crippen molar-refractivity contribution in [2.75, 3.05) is 59.4 Å². The molecule has 34 heavy (non-hydrogen) atoms. The highest BCUT2D eigenvalue weighted by molar-refractivity contribution is 5.81. The van der Waals surface area contributed by atoms with E-state index >= 15 is 0 Å². The Labute approximate surface area is 209 Å². The number of ketones is 1. The zero-order valence-corrected chi connectivity index (χ0v) is 22.6. The first kappa shape index (κ1) is 29.0. The van der Waals surface area contributed by atoms with Gasteiger partial charge in [0.1, 0.15) is 5.78 Å². The van der Waals surface area contributed by atoms with Crippen LogP contribution in [0.5, 0.6) is 0 Å². The molecule has 4 aliphatic rings. The molecule has 0 radical (unpaired) electrons. The van der Waals surface area contributed by atoms with Gasteiger partial charge in [-0.2, -0.15) is 0 Å². The molecule has 0 N–H and O–H groups in total. The lowest BCUT2D eigenvalue weighted by Crippen LogP contribution is -2.57. The van der Waals surface area contributed by atoms with Crippen molar-refractivity contribution in [1.29, 1.82) is 0 Å². The lowest BCUT2D eigenvalue weighted by Gasteiger charge is -2.46. The van der Waals surface area contributed by atoms with E-state index in [0.29, 0.717) is 17.7 Å². The maximum Gasteiger partial charge on any atom is 0.225 e. The third-order valence-corrected chi connectivity index (χ3v) is 8.43. The second-order valence-corrected chi connectivity index (χ2v) is 10.3. The summed E-state index contributed by atoms with van der Waals surface area (Å²) < 4.78 is 0. The third kappa shape index (κ3) is 7.89. The van der Waals surface area contributed by atoms with E-state index in [1.165, 1.54) is 52.1 Å². The monoisotopic (exact) mass is 476 g/mol. The number of carbonyl (C=O) groups is 2. The number of carbonyl (C=O) groups excluding carboxylic acids is 2. The largest absolute Gasteiger partial charge is 0.342 e. The van der Waals surface area contributed by atoms with Gasteiger partial charge in [0.05, 0.1) is 0 Å². The van der Waals surface area contributed by atoms with Crippen molar-refractivity contribution in [3.8, 4) is 0 Å². The average Bonchev–Trinajstić information content (AvgIpc) is 2.91. The van der Waals surface area contributed by atoms with Crippen LogP contribution in [0, 0.1) is 11.8 Å². The van der Waals surface area contributed by atoms with Crippen molar-refractivity contribution in [3.63, 3.8) is 0 Å². The van der Waals surface area contributed by atoms with Gasteiger partial charge in [-0.3, -0.25) is 19.4 Å². The number of amides is 1. The maximum absolute atomic E-state index is 13.0. The number of hydrogen-bond donors (Lipinski definition) is 0. The highest BCUT2D eigenvalue weighted by atomic mass is 16.2. The number of nitrogens with zero attached hydrogens (tertiary/aromatic N) is 4. The van der Waals surface area contributed by atoms with Crippen LogP contribution in [0.3, 0.4) is 0 Å². The number of Topliss-reactive ketones (excluding diaryl/α,β-unsaturated/α-hetero) is 1. The summed E-state index contributed by atoms with van der Waals surface area (Å²) in [5, 5.41) is 0. The zero-order valence-electron chi connectivity index (χ0n) is 22.6. The van der Waals surface area contributed by atoms with Crippen molar-refractivity contribution >= 4 is 11.7 Å². The Kier molecular flexibility index (Phi) is 12.8. The number of likely N-dealkylation sites (N-methyl/N-ethyl adjacent to an activating group) is 1. The molecule has 3 heterocycles. The molecule has 0 aromatic heterocycles. The minimum Gasteiger partial charge on any atom is -0.342 e. The summed E-state index contributed by atoms with van der Waals surface area (Å²) in [4.78, 5) is 34.7. The molecule has 0 aromatic rings. The fourth-order valence-corrected chi connectivity index (χ4v) is 6.26. The van der Waals surface area contributed by atoms with E-state index in [-0.39, 0.29) is 11.8 Å². The van der Waals surface area contributed by atoms with Crippen molar-refractivity contribution in [3.05, 3.63) is 13.2 Å². The summed E-state index contributed by atoms with van der Waals surface area (Å²) in [6.07, 6.45) is 8.54. The molecule has 0 bridgehead atoms. The summed E-state index contributed by atoms with van der Waals surface area (Å²) in [6, 6.07) is 1.38. The number of piperazine rings is 1. The first-order chi connectivity index (χ1) is 16.5. The minimum atomic E-state index is 0.161. The Morgan fingerprint density at radius 1 is 0.676 bits per heavy atom. The second kappa shape index (κ2) is 15.0. The van der Waals surface area contributed by atoms with Gasteiger partial charge in [0, 0.05) is 69.7 Å². The van der Waals surface area contributed by atoms with Crippen LogP contribution in [-0.4, -0.2) is 103 Å². The SMILES string of the molecule is C=C.CC.CC(=O)C1CCC(C(=O)N2CCC(N3CCCC(N4CCN(C)CC4)C3)CC2)CC1. The topological polar surface area (TPSA) is 47.1 Å². The molecule has 4 rings (SSSR count). The first-order valence-electron chi connectivity index (χ1n) is 14.0.